The molecule has 0 aliphatic heterocycles. The van der Waals surface area contributed by atoms with Gasteiger partial charge in [0.05, 0.1) is 13.1 Å². The van der Waals surface area contributed by atoms with E-state index >= 15 is 0 Å². The van der Waals surface area contributed by atoms with Gasteiger partial charge in [-0.3, -0.25) is 14.4 Å². The second-order valence-corrected chi connectivity index (χ2v) is 2.54. The molecule has 0 aromatic carbocycles. The Hall–Kier alpha value is -1.67. The predicted octanol–water partition coefficient (Wildman–Crippen LogP) is -3.36. The van der Waals surface area contributed by atoms with E-state index in [2.05, 4.69) is 15.4 Å². The minimum absolute atomic E-state index is 0.139. The Balaban J connectivity index is 3.41. The fraction of sp³-hybridized carbons (Fsp3) is 0.571. The molecule has 8 heteroatoms. The minimum Gasteiger partial charge on any atom is -0.368 e. The molecule has 15 heavy (non-hydrogen) atoms. The van der Waals surface area contributed by atoms with Crippen molar-refractivity contribution in [2.45, 2.75) is 0 Å². The topological polar surface area (TPSA) is 137 Å². The van der Waals surface area contributed by atoms with Crippen LogP contribution in [0.25, 0.3) is 0 Å². The molecule has 0 unspecified atom stereocenters. The quantitative estimate of drug-likeness (QED) is 0.261. The monoisotopic (exact) mass is 218 g/mol. The molecule has 0 radical (unpaired) electrons. The predicted molar refractivity (Wildman–Crippen MR) is 50.2 cm³/mol. The van der Waals surface area contributed by atoms with Crippen LogP contribution in [0.5, 0.6) is 0 Å². The van der Waals surface area contributed by atoms with Gasteiger partial charge in [-0.25, -0.2) is 0 Å². The van der Waals surface area contributed by atoms with Crippen LogP contribution in [0.15, 0.2) is 0 Å². The largest absolute Gasteiger partial charge is 0.368 e. The van der Waals surface area contributed by atoms with Crippen molar-refractivity contribution in [2.24, 2.45) is 11.5 Å². The molecule has 0 saturated carbocycles. The molecule has 0 atom stereocenters. The van der Waals surface area contributed by atoms with Crippen molar-refractivity contribution < 1.29 is 19.1 Å². The molecule has 86 valence electrons. The highest BCUT2D eigenvalue weighted by Crippen LogP contribution is 1.71. The summed E-state index contributed by atoms with van der Waals surface area (Å²) in [4.78, 5) is 31.8. The summed E-state index contributed by atoms with van der Waals surface area (Å²) in [6, 6.07) is 0. The zero-order chi connectivity index (χ0) is 11.7. The van der Waals surface area contributed by atoms with Gasteiger partial charge in [0, 0.05) is 0 Å². The fourth-order valence-corrected chi connectivity index (χ4v) is 0.597. The van der Waals surface area contributed by atoms with Crippen molar-refractivity contribution in [3.8, 4) is 0 Å². The van der Waals surface area contributed by atoms with Gasteiger partial charge in [0.25, 0.3) is 0 Å². The molecular formula is C7H14N4O4. The number of nitrogens with two attached hydrogens (primary N) is 2. The highest BCUT2D eigenvalue weighted by Gasteiger charge is 2.03. The van der Waals surface area contributed by atoms with Crippen molar-refractivity contribution in [2.75, 3.05) is 26.4 Å². The number of carbonyl (C=O) groups excluding carboxylic acids is 3. The fourth-order valence-electron chi connectivity index (χ4n) is 0.597. The van der Waals surface area contributed by atoms with Crippen LogP contribution in [0.3, 0.4) is 0 Å². The summed E-state index contributed by atoms with van der Waals surface area (Å²) in [6.45, 7) is -0.767. The zero-order valence-corrected chi connectivity index (χ0v) is 8.12. The van der Waals surface area contributed by atoms with Crippen LogP contribution >= 0.6 is 0 Å². The standard InChI is InChI=1S/C7H14N4O4/c8-1-6(13)10-2-7(14)11-4-15-3-5(9)12/h1-4,8H2,(H2,9,12)(H,10,13)(H,11,14). The lowest BCUT2D eigenvalue weighted by molar-refractivity contribution is -0.128. The average molecular weight is 218 g/mol. The molecule has 0 rings (SSSR count). The first-order valence-electron chi connectivity index (χ1n) is 4.15. The lowest BCUT2D eigenvalue weighted by Gasteiger charge is -2.05. The van der Waals surface area contributed by atoms with Crippen molar-refractivity contribution in [3.63, 3.8) is 0 Å². The number of hydrogen-bond acceptors (Lipinski definition) is 5. The Labute approximate surface area is 86.3 Å². The van der Waals surface area contributed by atoms with Crippen molar-refractivity contribution in [3.05, 3.63) is 0 Å². The van der Waals surface area contributed by atoms with Crippen molar-refractivity contribution in [1.29, 1.82) is 0 Å². The number of carbonyl (C=O) groups is 3. The Morgan fingerprint density at radius 1 is 1.13 bits per heavy atom. The second-order valence-electron chi connectivity index (χ2n) is 2.54. The van der Waals surface area contributed by atoms with Crippen LogP contribution in [0.1, 0.15) is 0 Å². The lowest BCUT2D eigenvalue weighted by atomic mass is 10.5. The third-order valence-corrected chi connectivity index (χ3v) is 1.25. The third kappa shape index (κ3) is 8.65. The number of amides is 3. The zero-order valence-electron chi connectivity index (χ0n) is 8.12. The Kier molecular flexibility index (Phi) is 6.85. The summed E-state index contributed by atoms with van der Waals surface area (Å²) in [5.41, 5.74) is 9.77. The van der Waals surface area contributed by atoms with Gasteiger partial charge in [0.2, 0.25) is 17.7 Å². The van der Waals surface area contributed by atoms with Crippen LogP contribution in [-0.4, -0.2) is 44.1 Å². The summed E-state index contributed by atoms with van der Waals surface area (Å²) < 4.78 is 4.65. The molecule has 0 saturated heterocycles. The number of primary amides is 1. The Morgan fingerprint density at radius 2 is 1.80 bits per heavy atom. The van der Waals surface area contributed by atoms with E-state index < -0.39 is 17.7 Å². The Bertz CT molecular complexity index is 243. The molecule has 8 nitrogen and oxygen atoms in total. The summed E-state index contributed by atoms with van der Waals surface area (Å²) in [7, 11) is 0. The van der Waals surface area contributed by atoms with Gasteiger partial charge in [-0.05, 0) is 0 Å². The molecule has 0 aromatic heterocycles. The first-order valence-corrected chi connectivity index (χ1v) is 4.15. The van der Waals surface area contributed by atoms with Gasteiger partial charge >= 0.3 is 0 Å². The van der Waals surface area contributed by atoms with Gasteiger partial charge in [-0.1, -0.05) is 0 Å². The number of hydrogen-bond donors (Lipinski definition) is 4. The van der Waals surface area contributed by atoms with Crippen LogP contribution < -0.4 is 22.1 Å². The van der Waals surface area contributed by atoms with Crippen LogP contribution in [0.2, 0.25) is 0 Å². The summed E-state index contributed by atoms with van der Waals surface area (Å²) in [6.07, 6.45) is 0. The normalized spacial score (nSPS) is 9.40. The molecule has 0 spiro atoms. The van der Waals surface area contributed by atoms with Gasteiger partial charge in [-0.15, -0.1) is 0 Å². The van der Waals surface area contributed by atoms with E-state index in [-0.39, 0.29) is 26.4 Å². The maximum Gasteiger partial charge on any atom is 0.243 e. The van der Waals surface area contributed by atoms with Crippen LogP contribution in [0.4, 0.5) is 0 Å². The molecule has 0 aliphatic rings. The molecule has 0 aliphatic carbocycles. The van der Waals surface area contributed by atoms with Crippen molar-refractivity contribution in [1.82, 2.24) is 10.6 Å². The van der Waals surface area contributed by atoms with Crippen LogP contribution in [0, 0.1) is 0 Å². The SMILES string of the molecule is NCC(=O)NCC(=O)NCOCC(N)=O. The van der Waals surface area contributed by atoms with E-state index in [0.29, 0.717) is 0 Å². The molecule has 0 heterocycles. The summed E-state index contributed by atoms with van der Waals surface area (Å²) in [5.74, 6) is -1.50. The smallest absolute Gasteiger partial charge is 0.243 e. The van der Waals surface area contributed by atoms with E-state index in [9.17, 15) is 14.4 Å². The molecule has 0 aromatic rings. The maximum absolute atomic E-state index is 10.9. The molecule has 6 N–H and O–H groups in total. The second kappa shape index (κ2) is 7.71. The summed E-state index contributed by atoms with van der Waals surface area (Å²) in [5, 5.41) is 4.55. The van der Waals surface area contributed by atoms with E-state index in [1.165, 1.54) is 0 Å². The highest BCUT2D eigenvalue weighted by molar-refractivity contribution is 5.85. The number of rotatable bonds is 7. The van der Waals surface area contributed by atoms with Crippen molar-refractivity contribution >= 4 is 17.7 Å². The first-order chi connectivity index (χ1) is 7.06. The third-order valence-electron chi connectivity index (χ3n) is 1.25. The highest BCUT2D eigenvalue weighted by atomic mass is 16.5. The average Bonchev–Trinajstić information content (AvgIpc) is 2.20. The first kappa shape index (κ1) is 13.3. The lowest BCUT2D eigenvalue weighted by Crippen LogP contribution is -2.40. The molecule has 0 fully saturated rings. The number of ether oxygens (including phenoxy) is 1. The van der Waals surface area contributed by atoms with Gasteiger partial charge in [-0.2, -0.15) is 0 Å². The van der Waals surface area contributed by atoms with E-state index in [1.807, 2.05) is 0 Å². The molecule has 3 amide bonds. The van der Waals surface area contributed by atoms with Crippen LogP contribution in [-0.2, 0) is 19.1 Å². The van der Waals surface area contributed by atoms with E-state index in [0.717, 1.165) is 0 Å². The van der Waals surface area contributed by atoms with Gasteiger partial charge < -0.3 is 26.8 Å². The van der Waals surface area contributed by atoms with Gasteiger partial charge in [0.1, 0.15) is 13.3 Å². The Morgan fingerprint density at radius 3 is 2.33 bits per heavy atom. The van der Waals surface area contributed by atoms with E-state index in [1.54, 1.807) is 0 Å². The minimum atomic E-state index is -0.624. The summed E-state index contributed by atoms with van der Waals surface area (Å²) >= 11 is 0. The number of nitrogens with one attached hydrogen (secondary N) is 2. The maximum atomic E-state index is 10.9. The van der Waals surface area contributed by atoms with Gasteiger partial charge in [0.15, 0.2) is 0 Å². The van der Waals surface area contributed by atoms with E-state index in [4.69, 9.17) is 11.5 Å². The molecule has 0 bridgehead atoms. The molecular weight excluding hydrogens is 204 g/mol.